The number of rotatable bonds is 5. The Balaban J connectivity index is 3.56. The molecule has 0 saturated carbocycles. The highest BCUT2D eigenvalue weighted by molar-refractivity contribution is 7.99. The summed E-state index contributed by atoms with van der Waals surface area (Å²) in [5, 5.41) is 0. The number of methoxy groups -OCH3 is 1. The standard InChI is InChI=1S/C8H18OS/c1-5-7(3)8(9-4)10-6-2/h7-8H,5-6H2,1-4H3. The van der Waals surface area contributed by atoms with Crippen molar-refractivity contribution in [2.75, 3.05) is 12.9 Å². The van der Waals surface area contributed by atoms with Crippen LogP contribution in [0.3, 0.4) is 0 Å². The third-order valence-corrected chi connectivity index (χ3v) is 2.99. The van der Waals surface area contributed by atoms with Gasteiger partial charge < -0.3 is 4.74 Å². The summed E-state index contributed by atoms with van der Waals surface area (Å²) in [6.45, 7) is 6.60. The Morgan fingerprint density at radius 3 is 2.30 bits per heavy atom. The SMILES string of the molecule is CCSC(OC)C(C)CC. The quantitative estimate of drug-likeness (QED) is 0.575. The molecule has 0 N–H and O–H groups in total. The smallest absolute Gasteiger partial charge is 0.105 e. The summed E-state index contributed by atoms with van der Waals surface area (Å²) < 4.78 is 5.31. The maximum atomic E-state index is 5.31. The molecule has 10 heavy (non-hydrogen) atoms. The van der Waals surface area contributed by atoms with Crippen LogP contribution in [0.25, 0.3) is 0 Å². The highest BCUT2D eigenvalue weighted by Gasteiger charge is 2.13. The molecule has 0 aliphatic rings. The van der Waals surface area contributed by atoms with Gasteiger partial charge in [0.05, 0.1) is 0 Å². The van der Waals surface area contributed by atoms with Crippen LogP contribution in [0.2, 0.25) is 0 Å². The van der Waals surface area contributed by atoms with Crippen LogP contribution >= 0.6 is 11.8 Å². The Labute approximate surface area is 68.5 Å². The van der Waals surface area contributed by atoms with E-state index in [1.165, 1.54) is 6.42 Å². The zero-order valence-corrected chi connectivity index (χ0v) is 8.20. The van der Waals surface area contributed by atoms with Crippen LogP contribution in [0, 0.1) is 5.92 Å². The molecule has 0 fully saturated rings. The van der Waals surface area contributed by atoms with Gasteiger partial charge in [0.2, 0.25) is 0 Å². The van der Waals surface area contributed by atoms with E-state index in [-0.39, 0.29) is 0 Å². The Bertz CT molecular complexity index is 75.7. The number of thioether (sulfide) groups is 1. The summed E-state index contributed by atoms with van der Waals surface area (Å²) in [6.07, 6.45) is 1.20. The van der Waals surface area contributed by atoms with Crippen molar-refractivity contribution < 1.29 is 4.74 Å². The topological polar surface area (TPSA) is 9.23 Å². The van der Waals surface area contributed by atoms with E-state index in [4.69, 9.17) is 4.74 Å². The van der Waals surface area contributed by atoms with Crippen LogP contribution in [0.5, 0.6) is 0 Å². The van der Waals surface area contributed by atoms with Crippen LogP contribution in [0.1, 0.15) is 27.2 Å². The minimum Gasteiger partial charge on any atom is -0.371 e. The van der Waals surface area contributed by atoms with E-state index in [0.29, 0.717) is 11.4 Å². The van der Waals surface area contributed by atoms with Crippen LogP contribution in [-0.4, -0.2) is 18.3 Å². The van der Waals surface area contributed by atoms with Crippen molar-refractivity contribution in [1.29, 1.82) is 0 Å². The lowest BCUT2D eigenvalue weighted by Gasteiger charge is -2.19. The molecular weight excluding hydrogens is 144 g/mol. The van der Waals surface area contributed by atoms with E-state index in [1.807, 2.05) is 11.8 Å². The Morgan fingerprint density at radius 2 is 2.00 bits per heavy atom. The van der Waals surface area contributed by atoms with Crippen LogP contribution < -0.4 is 0 Å². The van der Waals surface area contributed by atoms with E-state index >= 15 is 0 Å². The van der Waals surface area contributed by atoms with Crippen molar-refractivity contribution in [1.82, 2.24) is 0 Å². The summed E-state index contributed by atoms with van der Waals surface area (Å²) in [5.74, 6) is 1.82. The summed E-state index contributed by atoms with van der Waals surface area (Å²) >= 11 is 1.89. The van der Waals surface area contributed by atoms with E-state index in [2.05, 4.69) is 20.8 Å². The minimum atomic E-state index is 0.398. The first-order valence-corrected chi connectivity index (χ1v) is 4.95. The lowest BCUT2D eigenvalue weighted by molar-refractivity contribution is 0.128. The highest BCUT2D eigenvalue weighted by atomic mass is 32.2. The second-order valence-electron chi connectivity index (χ2n) is 2.44. The predicted molar refractivity (Wildman–Crippen MR) is 48.4 cm³/mol. The highest BCUT2D eigenvalue weighted by Crippen LogP contribution is 2.21. The molecule has 1 nitrogen and oxygen atoms in total. The molecule has 0 bridgehead atoms. The van der Waals surface area contributed by atoms with Gasteiger partial charge in [0.15, 0.2) is 0 Å². The van der Waals surface area contributed by atoms with Crippen LogP contribution in [-0.2, 0) is 4.74 Å². The van der Waals surface area contributed by atoms with E-state index in [0.717, 1.165) is 5.75 Å². The van der Waals surface area contributed by atoms with Gasteiger partial charge in [-0.1, -0.05) is 27.2 Å². The molecule has 0 spiro atoms. The minimum absolute atomic E-state index is 0.398. The molecule has 0 aliphatic heterocycles. The maximum Gasteiger partial charge on any atom is 0.105 e. The molecule has 2 heteroatoms. The summed E-state index contributed by atoms with van der Waals surface area (Å²) in [6, 6.07) is 0. The van der Waals surface area contributed by atoms with Crippen molar-refractivity contribution >= 4 is 11.8 Å². The molecule has 2 atom stereocenters. The van der Waals surface area contributed by atoms with Crippen molar-refractivity contribution in [2.24, 2.45) is 5.92 Å². The first-order chi connectivity index (χ1) is 4.76. The molecule has 0 heterocycles. The summed E-state index contributed by atoms with van der Waals surface area (Å²) in [5.41, 5.74) is 0.398. The number of ether oxygens (including phenoxy) is 1. The summed E-state index contributed by atoms with van der Waals surface area (Å²) in [4.78, 5) is 0. The largest absolute Gasteiger partial charge is 0.371 e. The maximum absolute atomic E-state index is 5.31. The second kappa shape index (κ2) is 6.05. The average Bonchev–Trinajstić information content (AvgIpc) is 1.99. The first-order valence-electron chi connectivity index (χ1n) is 3.90. The van der Waals surface area contributed by atoms with Gasteiger partial charge >= 0.3 is 0 Å². The van der Waals surface area contributed by atoms with Crippen molar-refractivity contribution in [3.05, 3.63) is 0 Å². The lowest BCUT2D eigenvalue weighted by atomic mass is 10.1. The van der Waals surface area contributed by atoms with Gasteiger partial charge in [-0.2, -0.15) is 0 Å². The zero-order valence-electron chi connectivity index (χ0n) is 7.39. The summed E-state index contributed by atoms with van der Waals surface area (Å²) in [7, 11) is 1.79. The molecular formula is C8H18OS. The van der Waals surface area contributed by atoms with Gasteiger partial charge in [0.1, 0.15) is 5.44 Å². The van der Waals surface area contributed by atoms with Gasteiger partial charge in [-0.25, -0.2) is 0 Å². The van der Waals surface area contributed by atoms with Crippen LogP contribution in [0.4, 0.5) is 0 Å². The van der Waals surface area contributed by atoms with Crippen molar-refractivity contribution in [3.8, 4) is 0 Å². The van der Waals surface area contributed by atoms with Crippen molar-refractivity contribution in [2.45, 2.75) is 32.6 Å². The number of hydrogen-bond donors (Lipinski definition) is 0. The molecule has 0 aromatic heterocycles. The molecule has 0 saturated heterocycles. The third-order valence-electron chi connectivity index (χ3n) is 1.67. The first kappa shape index (κ1) is 10.3. The fraction of sp³-hybridized carbons (Fsp3) is 1.00. The normalized spacial score (nSPS) is 16.8. The van der Waals surface area contributed by atoms with E-state index in [9.17, 15) is 0 Å². The predicted octanol–water partition coefficient (Wildman–Crippen LogP) is 2.76. The van der Waals surface area contributed by atoms with Crippen molar-refractivity contribution in [3.63, 3.8) is 0 Å². The molecule has 2 unspecified atom stereocenters. The Kier molecular flexibility index (Phi) is 6.24. The van der Waals surface area contributed by atoms with Gasteiger partial charge in [0.25, 0.3) is 0 Å². The van der Waals surface area contributed by atoms with E-state index in [1.54, 1.807) is 7.11 Å². The molecule has 0 aromatic rings. The molecule has 0 aromatic carbocycles. The molecule has 0 amide bonds. The monoisotopic (exact) mass is 162 g/mol. The molecule has 0 radical (unpaired) electrons. The molecule has 0 aliphatic carbocycles. The van der Waals surface area contributed by atoms with Crippen LogP contribution in [0.15, 0.2) is 0 Å². The van der Waals surface area contributed by atoms with Gasteiger partial charge in [-0.05, 0) is 11.7 Å². The Hall–Kier alpha value is 0.310. The Morgan fingerprint density at radius 1 is 1.40 bits per heavy atom. The van der Waals surface area contributed by atoms with Gasteiger partial charge in [0, 0.05) is 7.11 Å². The van der Waals surface area contributed by atoms with Gasteiger partial charge in [-0.15, -0.1) is 11.8 Å². The van der Waals surface area contributed by atoms with E-state index < -0.39 is 0 Å². The average molecular weight is 162 g/mol. The zero-order chi connectivity index (χ0) is 7.98. The molecule has 62 valence electrons. The second-order valence-corrected chi connectivity index (χ2v) is 3.82. The fourth-order valence-corrected chi connectivity index (χ4v) is 1.81. The number of hydrogen-bond acceptors (Lipinski definition) is 2. The lowest BCUT2D eigenvalue weighted by Crippen LogP contribution is -2.15. The third kappa shape index (κ3) is 3.47. The van der Waals surface area contributed by atoms with Gasteiger partial charge in [-0.3, -0.25) is 0 Å². The molecule has 0 rings (SSSR count). The fourth-order valence-electron chi connectivity index (χ4n) is 0.821.